The summed E-state index contributed by atoms with van der Waals surface area (Å²) in [7, 11) is -3.15. The SMILES string of the molecule is CCC(C)S(=O)(=O)CC(O)CN. The summed E-state index contributed by atoms with van der Waals surface area (Å²) in [6.45, 7) is 3.44. The van der Waals surface area contributed by atoms with Gasteiger partial charge in [0.2, 0.25) is 0 Å². The van der Waals surface area contributed by atoms with Gasteiger partial charge in [0.1, 0.15) is 0 Å². The number of sulfone groups is 1. The summed E-state index contributed by atoms with van der Waals surface area (Å²) in [5.74, 6) is -0.224. The first kappa shape index (κ1) is 11.9. The van der Waals surface area contributed by atoms with Crippen molar-refractivity contribution < 1.29 is 13.5 Å². The molecule has 4 nitrogen and oxygen atoms in total. The van der Waals surface area contributed by atoms with Gasteiger partial charge in [0.25, 0.3) is 0 Å². The van der Waals surface area contributed by atoms with E-state index < -0.39 is 21.2 Å². The molecule has 0 spiro atoms. The molecule has 0 amide bonds. The van der Waals surface area contributed by atoms with Crippen LogP contribution in [0.5, 0.6) is 0 Å². The summed E-state index contributed by atoms with van der Waals surface area (Å²) in [5, 5.41) is 8.64. The quantitative estimate of drug-likeness (QED) is 0.621. The van der Waals surface area contributed by atoms with Crippen LogP contribution in [0.25, 0.3) is 0 Å². The smallest absolute Gasteiger partial charge is 0.155 e. The zero-order valence-electron chi connectivity index (χ0n) is 7.53. The lowest BCUT2D eigenvalue weighted by atomic mass is 10.4. The van der Waals surface area contributed by atoms with Gasteiger partial charge in [-0.1, -0.05) is 6.92 Å². The topological polar surface area (TPSA) is 80.4 Å². The van der Waals surface area contributed by atoms with Crippen molar-refractivity contribution in [1.29, 1.82) is 0 Å². The summed E-state index contributed by atoms with van der Waals surface area (Å²) in [6, 6.07) is 0. The van der Waals surface area contributed by atoms with Crippen LogP contribution in [0.4, 0.5) is 0 Å². The van der Waals surface area contributed by atoms with Gasteiger partial charge in [-0.05, 0) is 13.3 Å². The number of nitrogens with two attached hydrogens (primary N) is 1. The number of aliphatic hydroxyl groups is 1. The van der Waals surface area contributed by atoms with Gasteiger partial charge in [-0.25, -0.2) is 8.42 Å². The fourth-order valence-electron chi connectivity index (χ4n) is 0.754. The molecule has 0 radical (unpaired) electrons. The second-order valence-corrected chi connectivity index (χ2v) is 5.40. The minimum atomic E-state index is -3.15. The van der Waals surface area contributed by atoms with E-state index in [0.717, 1.165) is 0 Å². The van der Waals surface area contributed by atoms with Gasteiger partial charge in [-0.2, -0.15) is 0 Å². The molecule has 0 aromatic carbocycles. The number of rotatable bonds is 5. The molecule has 0 fully saturated rings. The molecule has 0 aromatic heterocycles. The number of aliphatic hydroxyl groups excluding tert-OH is 1. The molecule has 0 aliphatic carbocycles. The molecule has 0 rings (SSSR count). The Bertz CT molecular complexity index is 213. The van der Waals surface area contributed by atoms with E-state index in [0.29, 0.717) is 6.42 Å². The van der Waals surface area contributed by atoms with Crippen LogP contribution in [-0.2, 0) is 9.84 Å². The lowest BCUT2D eigenvalue weighted by Crippen LogP contribution is -2.32. The van der Waals surface area contributed by atoms with Crippen molar-refractivity contribution >= 4 is 9.84 Å². The van der Waals surface area contributed by atoms with Crippen LogP contribution in [0, 0.1) is 0 Å². The van der Waals surface area contributed by atoms with E-state index in [9.17, 15) is 8.42 Å². The highest BCUT2D eigenvalue weighted by Gasteiger charge is 2.21. The van der Waals surface area contributed by atoms with Crippen LogP contribution < -0.4 is 5.73 Å². The third kappa shape index (κ3) is 3.51. The van der Waals surface area contributed by atoms with Crippen molar-refractivity contribution in [3.05, 3.63) is 0 Å². The predicted molar refractivity (Wildman–Crippen MR) is 48.6 cm³/mol. The Morgan fingerprint density at radius 1 is 1.50 bits per heavy atom. The first-order valence-corrected chi connectivity index (χ1v) is 5.75. The highest BCUT2D eigenvalue weighted by atomic mass is 32.2. The molecule has 2 unspecified atom stereocenters. The molecule has 5 heteroatoms. The average molecular weight is 195 g/mol. The van der Waals surface area contributed by atoms with Crippen LogP contribution in [0.15, 0.2) is 0 Å². The number of hydrogen-bond donors (Lipinski definition) is 2. The summed E-state index contributed by atoms with van der Waals surface area (Å²) < 4.78 is 22.6. The van der Waals surface area contributed by atoms with Crippen LogP contribution in [0.3, 0.4) is 0 Å². The van der Waals surface area contributed by atoms with Crippen LogP contribution >= 0.6 is 0 Å². The molecular weight excluding hydrogens is 178 g/mol. The third-order valence-corrected chi connectivity index (χ3v) is 4.29. The highest BCUT2D eigenvalue weighted by molar-refractivity contribution is 7.92. The van der Waals surface area contributed by atoms with Gasteiger partial charge in [0.05, 0.1) is 17.1 Å². The predicted octanol–water partition coefficient (Wildman–Crippen LogP) is -0.481. The van der Waals surface area contributed by atoms with Crippen LogP contribution in [0.1, 0.15) is 20.3 Å². The van der Waals surface area contributed by atoms with E-state index in [-0.39, 0.29) is 12.3 Å². The van der Waals surface area contributed by atoms with Gasteiger partial charge < -0.3 is 10.8 Å². The van der Waals surface area contributed by atoms with Gasteiger partial charge in [-0.3, -0.25) is 0 Å². The van der Waals surface area contributed by atoms with Crippen molar-refractivity contribution in [2.45, 2.75) is 31.6 Å². The summed E-state index contributed by atoms with van der Waals surface area (Å²) in [6.07, 6.45) is -0.358. The minimum absolute atomic E-state index is 0.00430. The van der Waals surface area contributed by atoms with E-state index in [2.05, 4.69) is 0 Å². The standard InChI is InChI=1S/C7H17NO3S/c1-3-6(2)12(10,11)5-7(9)4-8/h6-7,9H,3-5,8H2,1-2H3. The number of hydrogen-bond acceptors (Lipinski definition) is 4. The Morgan fingerprint density at radius 2 is 2.00 bits per heavy atom. The van der Waals surface area contributed by atoms with Crippen LogP contribution in [-0.4, -0.2) is 37.2 Å². The Kier molecular flexibility index (Phi) is 4.74. The molecule has 0 saturated carbocycles. The normalized spacial score (nSPS) is 17.3. The minimum Gasteiger partial charge on any atom is -0.391 e. The fourth-order valence-corrected chi connectivity index (χ4v) is 2.26. The summed E-state index contributed by atoms with van der Waals surface area (Å²) >= 11 is 0. The Hall–Kier alpha value is -0.130. The van der Waals surface area contributed by atoms with E-state index in [1.54, 1.807) is 13.8 Å². The first-order chi connectivity index (χ1) is 5.44. The average Bonchev–Trinajstić information content (AvgIpc) is 2.02. The van der Waals surface area contributed by atoms with Crippen molar-refractivity contribution in [3.8, 4) is 0 Å². The third-order valence-electron chi connectivity index (χ3n) is 1.88. The Balaban J connectivity index is 4.23. The molecule has 12 heavy (non-hydrogen) atoms. The van der Waals surface area contributed by atoms with Gasteiger partial charge in [0.15, 0.2) is 9.84 Å². The zero-order chi connectivity index (χ0) is 9.78. The zero-order valence-corrected chi connectivity index (χ0v) is 8.34. The lowest BCUT2D eigenvalue weighted by Gasteiger charge is -2.13. The van der Waals surface area contributed by atoms with Crippen molar-refractivity contribution in [2.24, 2.45) is 5.73 Å². The van der Waals surface area contributed by atoms with Crippen molar-refractivity contribution in [3.63, 3.8) is 0 Å². The lowest BCUT2D eigenvalue weighted by molar-refractivity contribution is 0.205. The molecule has 2 atom stereocenters. The molecule has 0 aliphatic rings. The van der Waals surface area contributed by atoms with Gasteiger partial charge >= 0.3 is 0 Å². The summed E-state index contributed by atoms with van der Waals surface area (Å²) in [5.41, 5.74) is 5.11. The molecule has 0 bridgehead atoms. The van der Waals surface area contributed by atoms with Crippen molar-refractivity contribution in [2.75, 3.05) is 12.3 Å². The maximum Gasteiger partial charge on any atom is 0.155 e. The molecule has 0 heterocycles. The molecule has 0 aromatic rings. The molecule has 0 aliphatic heterocycles. The second-order valence-electron chi connectivity index (χ2n) is 2.94. The fraction of sp³-hybridized carbons (Fsp3) is 1.00. The van der Waals surface area contributed by atoms with Gasteiger partial charge in [0, 0.05) is 6.54 Å². The summed E-state index contributed by atoms with van der Waals surface area (Å²) in [4.78, 5) is 0. The first-order valence-electron chi connectivity index (χ1n) is 4.03. The van der Waals surface area contributed by atoms with E-state index in [4.69, 9.17) is 10.8 Å². The van der Waals surface area contributed by atoms with E-state index in [1.807, 2.05) is 0 Å². The highest BCUT2D eigenvalue weighted by Crippen LogP contribution is 2.06. The molecule has 3 N–H and O–H groups in total. The molecule has 74 valence electrons. The Labute approximate surface area is 73.7 Å². The largest absolute Gasteiger partial charge is 0.391 e. The molecular formula is C7H17NO3S. The van der Waals surface area contributed by atoms with E-state index >= 15 is 0 Å². The maximum absolute atomic E-state index is 11.3. The molecule has 0 saturated heterocycles. The van der Waals surface area contributed by atoms with Crippen LogP contribution in [0.2, 0.25) is 0 Å². The maximum atomic E-state index is 11.3. The second kappa shape index (κ2) is 4.79. The van der Waals surface area contributed by atoms with Gasteiger partial charge in [-0.15, -0.1) is 0 Å². The monoisotopic (exact) mass is 195 g/mol. The Morgan fingerprint density at radius 3 is 2.33 bits per heavy atom. The van der Waals surface area contributed by atoms with Crippen molar-refractivity contribution in [1.82, 2.24) is 0 Å². The van der Waals surface area contributed by atoms with E-state index in [1.165, 1.54) is 0 Å².